The molecule has 3 N–H and O–H groups in total. The van der Waals surface area contributed by atoms with Gasteiger partial charge in [-0.2, -0.15) is 4.98 Å². The van der Waals surface area contributed by atoms with Crippen molar-refractivity contribution in [2.45, 2.75) is 31.9 Å². The van der Waals surface area contributed by atoms with Crippen LogP contribution in [0, 0.1) is 28.9 Å². The van der Waals surface area contributed by atoms with Gasteiger partial charge in [-0.05, 0) is 31.9 Å². The number of fused-ring (bicyclic) bond motifs is 3. The maximum absolute atomic E-state index is 14.0. The Kier molecular flexibility index (Phi) is 4.83. The number of aromatic amines is 1. The predicted molar refractivity (Wildman–Crippen MR) is 124 cm³/mol. The molecule has 0 radical (unpaired) electrons. The number of rotatable bonds is 1. The summed E-state index contributed by atoms with van der Waals surface area (Å²) in [5.74, 6) is 4.61. The summed E-state index contributed by atoms with van der Waals surface area (Å²) < 4.78 is 35.4. The zero-order valence-corrected chi connectivity index (χ0v) is 18.7. The van der Waals surface area contributed by atoms with Gasteiger partial charge in [0.2, 0.25) is 5.95 Å². The zero-order valence-electron chi connectivity index (χ0n) is 18.7. The number of halogens is 2. The van der Waals surface area contributed by atoms with Crippen molar-refractivity contribution in [1.29, 1.82) is 0 Å². The van der Waals surface area contributed by atoms with Crippen LogP contribution in [0.3, 0.4) is 0 Å². The largest absolute Gasteiger partial charge is 0.376 e. The molecule has 2 saturated heterocycles. The van der Waals surface area contributed by atoms with Crippen molar-refractivity contribution in [3.63, 3.8) is 0 Å². The van der Waals surface area contributed by atoms with Gasteiger partial charge >= 0.3 is 0 Å². The number of imidazole rings is 1. The second-order valence-corrected chi connectivity index (χ2v) is 9.20. The van der Waals surface area contributed by atoms with E-state index in [0.29, 0.717) is 23.5 Å². The highest BCUT2D eigenvalue weighted by molar-refractivity contribution is 5.96. The van der Waals surface area contributed by atoms with Crippen molar-refractivity contribution in [3.05, 3.63) is 59.6 Å². The third-order valence-corrected chi connectivity index (χ3v) is 7.32. The molecule has 0 unspecified atom stereocenters. The number of hydrogen-bond acceptors (Lipinski definition) is 5. The van der Waals surface area contributed by atoms with Gasteiger partial charge in [-0.1, -0.05) is 17.9 Å². The lowest BCUT2D eigenvalue weighted by molar-refractivity contribution is 0.0973. The maximum atomic E-state index is 14.0. The lowest BCUT2D eigenvalue weighted by Crippen LogP contribution is -2.51. The number of aromatic nitrogens is 4. The van der Waals surface area contributed by atoms with Gasteiger partial charge in [0.25, 0.3) is 0 Å². The van der Waals surface area contributed by atoms with Crippen molar-refractivity contribution >= 4 is 22.6 Å². The fourth-order valence-corrected chi connectivity index (χ4v) is 5.21. The molecule has 4 aromatic rings. The number of anilines is 1. The van der Waals surface area contributed by atoms with E-state index in [4.69, 9.17) is 15.5 Å². The summed E-state index contributed by atoms with van der Waals surface area (Å²) in [5, 5.41) is 0.742. The Morgan fingerprint density at radius 3 is 2.76 bits per heavy atom. The monoisotopic (exact) mass is 462 g/mol. The molecule has 9 heteroatoms. The van der Waals surface area contributed by atoms with E-state index in [2.05, 4.69) is 26.7 Å². The molecule has 5 heterocycles. The molecule has 2 aliphatic rings. The number of nitrogens with zero attached hydrogens (tertiary/aromatic N) is 4. The summed E-state index contributed by atoms with van der Waals surface area (Å²) >= 11 is 0. The number of benzene rings is 1. The maximum Gasteiger partial charge on any atom is 0.213 e. The van der Waals surface area contributed by atoms with E-state index >= 15 is 0 Å². The molecule has 34 heavy (non-hydrogen) atoms. The second kappa shape index (κ2) is 7.79. The highest BCUT2D eigenvalue weighted by Crippen LogP contribution is 2.42. The Hall–Kier alpha value is -3.48. The minimum absolute atomic E-state index is 0.00366. The van der Waals surface area contributed by atoms with E-state index in [-0.39, 0.29) is 23.1 Å². The van der Waals surface area contributed by atoms with Crippen LogP contribution in [0.4, 0.5) is 14.7 Å². The molecule has 1 spiro atoms. The average molecular weight is 463 g/mol. The van der Waals surface area contributed by atoms with Crippen molar-refractivity contribution in [3.8, 4) is 11.8 Å². The number of ether oxygens (including phenoxy) is 1. The standard InChI is InChI=1S/C25H24F2N6O/c1-15-21(28)25(14-34-15)7-10-32(11-8-25)24-31-22-19(23-29-9-12-33(23)24)17(13-30-22)6-5-16-3-2-4-18(26)20(16)27/h2-4,9,12-13,15,21,30H,7-8,10-11,14,28H2,1H3/t15-,21+/m0/s1. The van der Waals surface area contributed by atoms with Gasteiger partial charge in [0.15, 0.2) is 17.3 Å². The van der Waals surface area contributed by atoms with E-state index in [0.717, 1.165) is 43.3 Å². The summed E-state index contributed by atoms with van der Waals surface area (Å²) in [5.41, 5.74) is 8.48. The topological polar surface area (TPSA) is 84.5 Å². The molecular formula is C25H24F2N6O. The molecule has 1 aromatic carbocycles. The summed E-state index contributed by atoms with van der Waals surface area (Å²) in [6.45, 7) is 4.40. The molecule has 174 valence electrons. The summed E-state index contributed by atoms with van der Waals surface area (Å²) in [6.07, 6.45) is 7.29. The fraction of sp³-hybridized carbons (Fsp3) is 0.360. The van der Waals surface area contributed by atoms with Gasteiger partial charge in [0.1, 0.15) is 5.65 Å². The average Bonchev–Trinajstić information content (AvgIpc) is 3.55. The van der Waals surface area contributed by atoms with Crippen LogP contribution >= 0.6 is 0 Å². The highest BCUT2D eigenvalue weighted by Gasteiger charge is 2.47. The summed E-state index contributed by atoms with van der Waals surface area (Å²) in [4.78, 5) is 14.9. The molecule has 2 aliphatic heterocycles. The molecule has 6 rings (SSSR count). The number of piperidine rings is 1. The smallest absolute Gasteiger partial charge is 0.213 e. The van der Waals surface area contributed by atoms with Crippen LogP contribution in [0.1, 0.15) is 30.9 Å². The van der Waals surface area contributed by atoms with E-state index in [1.807, 2.05) is 17.5 Å². The third-order valence-electron chi connectivity index (χ3n) is 7.32. The van der Waals surface area contributed by atoms with Crippen LogP contribution in [0.5, 0.6) is 0 Å². The molecule has 0 aliphatic carbocycles. The van der Waals surface area contributed by atoms with Crippen molar-refractivity contribution < 1.29 is 13.5 Å². The molecule has 2 atom stereocenters. The molecule has 0 saturated carbocycles. The van der Waals surface area contributed by atoms with Gasteiger partial charge < -0.3 is 20.4 Å². The normalized spacial score (nSPS) is 21.9. The van der Waals surface area contributed by atoms with Crippen molar-refractivity contribution in [1.82, 2.24) is 19.4 Å². The van der Waals surface area contributed by atoms with Crippen LogP contribution in [0.25, 0.3) is 16.7 Å². The Morgan fingerprint density at radius 1 is 1.21 bits per heavy atom. The Labute approximate surface area is 194 Å². The first-order valence-electron chi connectivity index (χ1n) is 11.4. The van der Waals surface area contributed by atoms with Crippen LogP contribution < -0.4 is 10.6 Å². The second-order valence-electron chi connectivity index (χ2n) is 9.20. The van der Waals surface area contributed by atoms with Crippen LogP contribution in [0.2, 0.25) is 0 Å². The summed E-state index contributed by atoms with van der Waals surface area (Å²) in [7, 11) is 0. The van der Waals surface area contributed by atoms with Crippen LogP contribution in [0.15, 0.2) is 36.8 Å². The first kappa shape index (κ1) is 21.1. The predicted octanol–water partition coefficient (Wildman–Crippen LogP) is 3.22. The lowest BCUT2D eigenvalue weighted by Gasteiger charge is -2.41. The molecule has 3 aromatic heterocycles. The lowest BCUT2D eigenvalue weighted by atomic mass is 9.73. The van der Waals surface area contributed by atoms with Crippen molar-refractivity contribution in [2.24, 2.45) is 11.1 Å². The van der Waals surface area contributed by atoms with Crippen molar-refractivity contribution in [2.75, 3.05) is 24.6 Å². The van der Waals surface area contributed by atoms with Gasteiger partial charge in [0.05, 0.1) is 29.2 Å². The van der Waals surface area contributed by atoms with E-state index in [9.17, 15) is 8.78 Å². The zero-order chi connectivity index (χ0) is 23.4. The third kappa shape index (κ3) is 3.17. The fourth-order valence-electron chi connectivity index (χ4n) is 5.21. The van der Waals surface area contributed by atoms with Gasteiger partial charge in [0, 0.05) is 43.1 Å². The Morgan fingerprint density at radius 2 is 2.00 bits per heavy atom. The minimum atomic E-state index is -0.953. The van der Waals surface area contributed by atoms with Crippen LogP contribution in [-0.4, -0.2) is 51.2 Å². The molecule has 0 bridgehead atoms. The number of hydrogen-bond donors (Lipinski definition) is 2. The van der Waals surface area contributed by atoms with Gasteiger partial charge in [-0.15, -0.1) is 0 Å². The molecule has 2 fully saturated rings. The SMILES string of the molecule is C[C@@H]1OCC2(CCN(c3nc4[nH]cc(C#Cc5cccc(F)c5F)c4c4nccn34)CC2)[C@@H]1N. The Balaban J connectivity index is 1.35. The number of nitrogens with two attached hydrogens (primary N) is 1. The van der Waals surface area contributed by atoms with Crippen LogP contribution in [-0.2, 0) is 4.74 Å². The van der Waals surface area contributed by atoms with Gasteiger partial charge in [-0.3, -0.25) is 4.40 Å². The van der Waals surface area contributed by atoms with E-state index < -0.39 is 11.6 Å². The molecular weight excluding hydrogens is 438 g/mol. The van der Waals surface area contributed by atoms with E-state index in [1.54, 1.807) is 12.4 Å². The first-order valence-corrected chi connectivity index (χ1v) is 11.4. The first-order chi connectivity index (χ1) is 16.5. The quantitative estimate of drug-likeness (QED) is 0.425. The molecule has 0 amide bonds. The summed E-state index contributed by atoms with van der Waals surface area (Å²) in [6, 6.07) is 4.01. The minimum Gasteiger partial charge on any atom is -0.376 e. The van der Waals surface area contributed by atoms with Gasteiger partial charge in [-0.25, -0.2) is 13.8 Å². The number of H-pyrrole nitrogens is 1. The molecule has 7 nitrogen and oxygen atoms in total. The Bertz CT molecular complexity index is 1460. The number of nitrogens with one attached hydrogen (secondary N) is 1. The highest BCUT2D eigenvalue weighted by atomic mass is 19.2. The van der Waals surface area contributed by atoms with E-state index in [1.165, 1.54) is 12.1 Å².